The van der Waals surface area contributed by atoms with Gasteiger partial charge in [0.1, 0.15) is 28.5 Å². The summed E-state index contributed by atoms with van der Waals surface area (Å²) in [6, 6.07) is 15.1. The molecular formula is C39H41FN6O4. The molecule has 2 aromatic carbocycles. The van der Waals surface area contributed by atoms with E-state index in [1.807, 2.05) is 102 Å². The number of benzene rings is 2. The predicted octanol–water partition coefficient (Wildman–Crippen LogP) is 8.49. The lowest BCUT2D eigenvalue weighted by Crippen LogP contribution is -2.41. The van der Waals surface area contributed by atoms with Crippen molar-refractivity contribution in [3.8, 4) is 33.6 Å². The van der Waals surface area contributed by atoms with Crippen LogP contribution in [0.2, 0.25) is 0 Å². The van der Waals surface area contributed by atoms with Gasteiger partial charge in [0.25, 0.3) is 0 Å². The first-order valence-electron chi connectivity index (χ1n) is 17.2. The number of aromatic nitrogens is 4. The monoisotopic (exact) mass is 676 g/mol. The molecule has 2 aliphatic carbocycles. The molecule has 2 aromatic heterocycles. The number of H-pyrrole nitrogens is 2. The first-order chi connectivity index (χ1) is 23.7. The van der Waals surface area contributed by atoms with Gasteiger partial charge in [-0.25, -0.2) is 19.6 Å². The van der Waals surface area contributed by atoms with Crippen molar-refractivity contribution in [1.29, 1.82) is 0 Å². The smallest absolute Gasteiger partial charge is 0.411 e. The number of halogens is 1. The summed E-state index contributed by atoms with van der Waals surface area (Å²) in [5.41, 5.74) is 7.65. The van der Waals surface area contributed by atoms with Crippen molar-refractivity contribution in [1.82, 2.24) is 29.7 Å². The molecule has 0 bridgehead atoms. The van der Waals surface area contributed by atoms with E-state index < -0.39 is 17.1 Å². The van der Waals surface area contributed by atoms with E-state index in [2.05, 4.69) is 20.7 Å². The average Bonchev–Trinajstić information content (AvgIpc) is 3.38. The Hall–Kier alpha value is -5.15. The minimum atomic E-state index is -0.614. The summed E-state index contributed by atoms with van der Waals surface area (Å²) >= 11 is 0. The summed E-state index contributed by atoms with van der Waals surface area (Å²) in [4.78, 5) is 45.2. The van der Waals surface area contributed by atoms with Crippen LogP contribution in [0.3, 0.4) is 0 Å². The molecule has 4 aromatic rings. The van der Waals surface area contributed by atoms with Crippen molar-refractivity contribution in [2.24, 2.45) is 5.92 Å². The largest absolute Gasteiger partial charge is 0.444 e. The van der Waals surface area contributed by atoms with Gasteiger partial charge in [0.2, 0.25) is 5.95 Å². The van der Waals surface area contributed by atoms with Crippen LogP contribution >= 0.6 is 0 Å². The normalized spacial score (nSPS) is 23.7. The molecule has 2 saturated heterocycles. The van der Waals surface area contributed by atoms with E-state index >= 15 is 4.39 Å². The van der Waals surface area contributed by atoms with E-state index in [1.54, 1.807) is 9.80 Å². The molecule has 1 saturated carbocycles. The molecule has 2 amide bonds. The maximum Gasteiger partial charge on any atom is 0.411 e. The number of nitrogens with zero attached hydrogens (tertiary/aromatic N) is 4. The predicted molar refractivity (Wildman–Crippen MR) is 185 cm³/mol. The Morgan fingerprint density at radius 3 is 2.00 bits per heavy atom. The Balaban J connectivity index is 0.959. The summed E-state index contributed by atoms with van der Waals surface area (Å²) < 4.78 is 26.6. The first-order valence-corrected chi connectivity index (χ1v) is 17.2. The van der Waals surface area contributed by atoms with Gasteiger partial charge >= 0.3 is 12.2 Å². The molecule has 2 unspecified atom stereocenters. The quantitative estimate of drug-likeness (QED) is 0.205. The van der Waals surface area contributed by atoms with Gasteiger partial charge in [-0.2, -0.15) is 4.39 Å². The first kappa shape index (κ1) is 32.1. The van der Waals surface area contributed by atoms with Crippen LogP contribution in [0.4, 0.5) is 14.0 Å². The molecule has 50 heavy (non-hydrogen) atoms. The number of piperidine rings is 1. The van der Waals surface area contributed by atoms with Crippen molar-refractivity contribution in [3.05, 3.63) is 89.7 Å². The Bertz CT molecular complexity index is 2040. The molecule has 2 N–H and O–H groups in total. The highest BCUT2D eigenvalue weighted by Crippen LogP contribution is 2.53. The Morgan fingerprint density at radius 2 is 1.40 bits per heavy atom. The molecule has 3 fully saturated rings. The van der Waals surface area contributed by atoms with Gasteiger partial charge < -0.3 is 19.4 Å². The van der Waals surface area contributed by atoms with Crippen LogP contribution in [-0.2, 0) is 9.47 Å². The van der Waals surface area contributed by atoms with Gasteiger partial charge in [-0.05, 0) is 77.5 Å². The number of amides is 2. The Kier molecular flexibility index (Phi) is 7.35. The van der Waals surface area contributed by atoms with Crippen LogP contribution in [0.5, 0.6) is 0 Å². The highest BCUT2D eigenvalue weighted by Gasteiger charge is 2.56. The Morgan fingerprint density at radius 1 is 0.800 bits per heavy atom. The van der Waals surface area contributed by atoms with Gasteiger partial charge in [0.15, 0.2) is 0 Å². The lowest BCUT2D eigenvalue weighted by atomic mass is 10.0. The SMILES string of the molecule is CC(C)(C)OC(=O)N1C2CC2C[C@H]1c1nc(-c2ccc(-c3ccc(-c4c[nH]c([C@@H]5CC6=C=C[C@H]6N5C(=O)OC(C)(C)C)n4)cc3)cc2)c(F)[nH]1. The zero-order valence-electron chi connectivity index (χ0n) is 29.1. The number of carbonyl (C=O) groups excluding carboxylic acids is 2. The molecule has 8 rings (SSSR count). The number of aromatic amines is 2. The summed E-state index contributed by atoms with van der Waals surface area (Å²) in [5.74, 6) is 1.03. The van der Waals surface area contributed by atoms with Crippen LogP contribution in [0.25, 0.3) is 33.6 Å². The van der Waals surface area contributed by atoms with E-state index in [9.17, 15) is 9.59 Å². The number of rotatable bonds is 5. The maximum absolute atomic E-state index is 15.3. The van der Waals surface area contributed by atoms with Crippen molar-refractivity contribution in [3.63, 3.8) is 0 Å². The fourth-order valence-corrected chi connectivity index (χ4v) is 7.29. The van der Waals surface area contributed by atoms with E-state index in [1.165, 1.54) is 0 Å². The van der Waals surface area contributed by atoms with Crippen molar-refractivity contribution in [2.75, 3.05) is 0 Å². The summed E-state index contributed by atoms with van der Waals surface area (Å²) in [7, 11) is 0. The molecule has 0 spiro atoms. The fourth-order valence-electron chi connectivity index (χ4n) is 7.29. The molecule has 11 heteroatoms. The minimum Gasteiger partial charge on any atom is -0.444 e. The maximum atomic E-state index is 15.3. The van der Waals surface area contributed by atoms with E-state index in [0.717, 1.165) is 40.8 Å². The second-order valence-electron chi connectivity index (χ2n) is 15.7. The Labute approximate surface area is 290 Å². The standard InChI is InChI=1S/C39H41FN6O4/c1-38(2,3)49-36(47)45-28-16-15-25(28)17-30(45)34-41-20-27(42-34)23-11-7-21(8-12-23)22-9-13-24(14-10-22)32-33(40)44-35(43-32)31-19-26-18-29(26)46(31)37(48)50-39(4,5)6/h7-14,16,20,26,28-31H,17-19H2,1-6H3,(H,41,42)(H,43,44)/t26?,28-,29?,30+,31+/m1/s1. The number of imidazole rings is 2. The van der Waals surface area contributed by atoms with Gasteiger partial charge in [0, 0.05) is 35.4 Å². The number of carbonyl (C=O) groups is 2. The van der Waals surface area contributed by atoms with Crippen molar-refractivity contribution in [2.45, 2.75) is 96.2 Å². The number of hydrogen-bond donors (Lipinski definition) is 2. The highest BCUT2D eigenvalue weighted by molar-refractivity contribution is 5.74. The van der Waals surface area contributed by atoms with Crippen LogP contribution in [0, 0.1) is 11.9 Å². The van der Waals surface area contributed by atoms with Crippen LogP contribution in [0.1, 0.15) is 84.5 Å². The third-order valence-corrected chi connectivity index (χ3v) is 9.72. The third kappa shape index (κ3) is 5.89. The van der Waals surface area contributed by atoms with Gasteiger partial charge in [-0.15, -0.1) is 5.73 Å². The van der Waals surface area contributed by atoms with Crippen LogP contribution in [0.15, 0.2) is 72.1 Å². The lowest BCUT2D eigenvalue weighted by Gasteiger charge is -2.31. The van der Waals surface area contributed by atoms with Gasteiger partial charge in [0.05, 0.1) is 23.8 Å². The summed E-state index contributed by atoms with van der Waals surface area (Å²) in [6.07, 6.45) is 5.38. The zero-order valence-corrected chi connectivity index (χ0v) is 29.1. The molecule has 258 valence electrons. The van der Waals surface area contributed by atoms with Gasteiger partial charge in [-0.1, -0.05) is 48.5 Å². The molecule has 4 heterocycles. The second kappa shape index (κ2) is 11.5. The minimum absolute atomic E-state index is 0.104. The topological polar surface area (TPSA) is 116 Å². The number of likely N-dealkylation sites (tertiary alicyclic amines) is 2. The van der Waals surface area contributed by atoms with Crippen molar-refractivity contribution < 1.29 is 23.5 Å². The summed E-state index contributed by atoms with van der Waals surface area (Å²) in [5, 5.41) is 0. The number of hydrogen-bond acceptors (Lipinski definition) is 6. The summed E-state index contributed by atoms with van der Waals surface area (Å²) in [6.45, 7) is 11.1. The molecule has 0 radical (unpaired) electrons. The van der Waals surface area contributed by atoms with Crippen molar-refractivity contribution >= 4 is 12.2 Å². The number of ether oxygens (including phenoxy) is 2. The van der Waals surface area contributed by atoms with Gasteiger partial charge in [-0.3, -0.25) is 9.80 Å². The van der Waals surface area contributed by atoms with Crippen LogP contribution < -0.4 is 0 Å². The van der Waals surface area contributed by atoms with Crippen LogP contribution in [-0.4, -0.2) is 65.2 Å². The third-order valence-electron chi connectivity index (χ3n) is 9.72. The lowest BCUT2D eigenvalue weighted by molar-refractivity contribution is 0.0165. The zero-order chi connectivity index (χ0) is 35.1. The number of fused-ring (bicyclic) bond motifs is 2. The molecule has 5 atom stereocenters. The molecule has 4 aliphatic rings. The van der Waals surface area contributed by atoms with E-state index in [4.69, 9.17) is 14.5 Å². The van der Waals surface area contributed by atoms with E-state index in [-0.39, 0.29) is 42.0 Å². The highest BCUT2D eigenvalue weighted by atomic mass is 19.1. The average molecular weight is 677 g/mol. The molecule has 10 nitrogen and oxygen atoms in total. The number of nitrogens with one attached hydrogen (secondary N) is 2. The van der Waals surface area contributed by atoms with E-state index in [0.29, 0.717) is 29.6 Å². The fraction of sp³-hybridized carbons (Fsp3) is 0.410. The second-order valence-corrected chi connectivity index (χ2v) is 15.7. The molecular weight excluding hydrogens is 635 g/mol. The molecule has 2 aliphatic heterocycles.